The highest BCUT2D eigenvalue weighted by Gasteiger charge is 2.21. The lowest BCUT2D eigenvalue weighted by molar-refractivity contribution is -0.118. The average molecular weight is 420 g/mol. The second-order valence-corrected chi connectivity index (χ2v) is 7.74. The molecule has 5 nitrogen and oxygen atoms in total. The Kier molecular flexibility index (Phi) is 8.00. The largest absolute Gasteiger partial charge is 0.379 e. The maximum absolute atomic E-state index is 13.4. The Morgan fingerprint density at radius 1 is 1.24 bits per heavy atom. The molecule has 1 unspecified atom stereocenters. The summed E-state index contributed by atoms with van der Waals surface area (Å²) in [5.74, 6) is -0.660. The summed E-state index contributed by atoms with van der Waals surface area (Å²) in [5, 5.41) is 2.81. The third kappa shape index (κ3) is 6.78. The van der Waals surface area contributed by atoms with Gasteiger partial charge in [0.15, 0.2) is 0 Å². The van der Waals surface area contributed by atoms with Gasteiger partial charge in [-0.25, -0.2) is 4.39 Å². The molecule has 1 saturated heterocycles. The summed E-state index contributed by atoms with van der Waals surface area (Å²) in [6.07, 6.45) is 0. The van der Waals surface area contributed by atoms with Gasteiger partial charge in [0.1, 0.15) is 5.82 Å². The minimum absolute atomic E-state index is 0.00960. The quantitative estimate of drug-likeness (QED) is 0.709. The molecule has 1 aliphatic heterocycles. The van der Waals surface area contributed by atoms with Crippen LogP contribution in [0.3, 0.4) is 0 Å². The third-order valence-electron chi connectivity index (χ3n) is 5.03. The Morgan fingerprint density at radius 2 is 1.97 bits per heavy atom. The maximum Gasteiger partial charge on any atom is 0.238 e. The van der Waals surface area contributed by atoms with Crippen LogP contribution in [0.5, 0.6) is 0 Å². The highest BCUT2D eigenvalue weighted by Crippen LogP contribution is 2.19. The Labute approximate surface area is 176 Å². The van der Waals surface area contributed by atoms with Crippen LogP contribution in [0.1, 0.15) is 12.5 Å². The normalized spacial score (nSPS) is 16.0. The molecule has 1 atom stereocenters. The van der Waals surface area contributed by atoms with Gasteiger partial charge in [0.2, 0.25) is 5.91 Å². The summed E-state index contributed by atoms with van der Waals surface area (Å²) in [7, 11) is 0. The summed E-state index contributed by atoms with van der Waals surface area (Å²) < 4.78 is 18.8. The topological polar surface area (TPSA) is 44.8 Å². The number of halogens is 2. The van der Waals surface area contributed by atoms with E-state index in [9.17, 15) is 9.18 Å². The van der Waals surface area contributed by atoms with Crippen LogP contribution in [-0.2, 0) is 16.1 Å². The Balaban J connectivity index is 1.65. The molecular formula is C22H27ClFN3O2. The molecule has 0 saturated carbocycles. The summed E-state index contributed by atoms with van der Waals surface area (Å²) in [6, 6.07) is 14.5. The van der Waals surface area contributed by atoms with Gasteiger partial charge in [-0.05, 0) is 30.7 Å². The second kappa shape index (κ2) is 10.7. The van der Waals surface area contributed by atoms with Crippen molar-refractivity contribution < 1.29 is 13.9 Å². The van der Waals surface area contributed by atoms with Gasteiger partial charge in [-0.2, -0.15) is 0 Å². The number of nitrogens with one attached hydrogen (secondary N) is 1. The fourth-order valence-electron chi connectivity index (χ4n) is 3.42. The SMILES string of the molecule is CC(CN1CCOCC1)N(CC(=O)Nc1ccc(F)c(Cl)c1)Cc1ccccc1. The molecule has 1 N–H and O–H groups in total. The fourth-order valence-corrected chi connectivity index (χ4v) is 3.60. The first kappa shape index (κ1) is 21.7. The van der Waals surface area contributed by atoms with Crippen LogP contribution >= 0.6 is 11.6 Å². The summed E-state index contributed by atoms with van der Waals surface area (Å²) in [4.78, 5) is 17.2. The zero-order valence-corrected chi connectivity index (χ0v) is 17.4. The number of anilines is 1. The maximum atomic E-state index is 13.4. The van der Waals surface area contributed by atoms with E-state index in [1.807, 2.05) is 18.2 Å². The molecule has 156 valence electrons. The van der Waals surface area contributed by atoms with Crippen molar-refractivity contribution in [3.05, 3.63) is 64.9 Å². The lowest BCUT2D eigenvalue weighted by Gasteiger charge is -2.34. The van der Waals surface area contributed by atoms with Gasteiger partial charge < -0.3 is 10.1 Å². The lowest BCUT2D eigenvalue weighted by atomic mass is 10.1. The van der Waals surface area contributed by atoms with Crippen LogP contribution in [0, 0.1) is 5.82 Å². The lowest BCUT2D eigenvalue weighted by Crippen LogP contribution is -2.47. The van der Waals surface area contributed by atoms with E-state index in [1.54, 1.807) is 0 Å². The van der Waals surface area contributed by atoms with Gasteiger partial charge in [0, 0.05) is 37.9 Å². The first-order chi connectivity index (χ1) is 14.0. The first-order valence-electron chi connectivity index (χ1n) is 9.84. The Morgan fingerprint density at radius 3 is 2.66 bits per heavy atom. The van der Waals surface area contributed by atoms with E-state index in [4.69, 9.17) is 16.3 Å². The van der Waals surface area contributed by atoms with E-state index in [1.165, 1.54) is 18.2 Å². The van der Waals surface area contributed by atoms with Crippen molar-refractivity contribution in [1.29, 1.82) is 0 Å². The highest BCUT2D eigenvalue weighted by atomic mass is 35.5. The Hall–Kier alpha value is -1.99. The average Bonchev–Trinajstić information content (AvgIpc) is 2.72. The molecule has 1 fully saturated rings. The number of carbonyl (C=O) groups is 1. The number of benzene rings is 2. The molecule has 29 heavy (non-hydrogen) atoms. The molecule has 0 radical (unpaired) electrons. The molecule has 2 aromatic carbocycles. The van der Waals surface area contributed by atoms with Crippen LogP contribution in [0.4, 0.5) is 10.1 Å². The summed E-state index contributed by atoms with van der Waals surface area (Å²) in [5.41, 5.74) is 1.64. The smallest absolute Gasteiger partial charge is 0.238 e. The minimum Gasteiger partial charge on any atom is -0.379 e. The van der Waals surface area contributed by atoms with Crippen LogP contribution in [0.2, 0.25) is 5.02 Å². The monoisotopic (exact) mass is 419 g/mol. The van der Waals surface area contributed by atoms with Gasteiger partial charge in [0.25, 0.3) is 0 Å². The number of amides is 1. The van der Waals surface area contributed by atoms with Crippen molar-refractivity contribution in [2.24, 2.45) is 0 Å². The van der Waals surface area contributed by atoms with E-state index in [2.05, 4.69) is 34.2 Å². The van der Waals surface area contributed by atoms with Crippen molar-refractivity contribution in [1.82, 2.24) is 9.80 Å². The predicted octanol–water partition coefficient (Wildman–Crippen LogP) is 3.64. The Bertz CT molecular complexity index is 800. The number of ether oxygens (including phenoxy) is 1. The number of rotatable bonds is 8. The van der Waals surface area contributed by atoms with Crippen LogP contribution < -0.4 is 5.32 Å². The van der Waals surface area contributed by atoms with Crippen molar-refractivity contribution >= 4 is 23.2 Å². The number of carbonyl (C=O) groups excluding carboxylic acids is 1. The molecule has 0 bridgehead atoms. The molecule has 1 aliphatic rings. The molecule has 1 heterocycles. The second-order valence-electron chi connectivity index (χ2n) is 7.33. The summed E-state index contributed by atoms with van der Waals surface area (Å²) in [6.45, 7) is 7.22. The number of morpholine rings is 1. The number of hydrogen-bond donors (Lipinski definition) is 1. The van der Waals surface area contributed by atoms with Gasteiger partial charge in [-0.3, -0.25) is 14.6 Å². The predicted molar refractivity (Wildman–Crippen MR) is 114 cm³/mol. The van der Waals surface area contributed by atoms with E-state index in [-0.39, 0.29) is 23.5 Å². The molecule has 2 aromatic rings. The van der Waals surface area contributed by atoms with Gasteiger partial charge in [-0.1, -0.05) is 41.9 Å². The van der Waals surface area contributed by atoms with E-state index in [0.29, 0.717) is 12.2 Å². The van der Waals surface area contributed by atoms with E-state index < -0.39 is 5.82 Å². The minimum atomic E-state index is -0.505. The van der Waals surface area contributed by atoms with Crippen molar-refractivity contribution in [2.75, 3.05) is 44.7 Å². The third-order valence-corrected chi connectivity index (χ3v) is 5.32. The number of nitrogens with zero attached hydrogens (tertiary/aromatic N) is 2. The molecule has 3 rings (SSSR count). The van der Waals surface area contributed by atoms with Crippen molar-refractivity contribution in [3.8, 4) is 0 Å². The van der Waals surface area contributed by atoms with Gasteiger partial charge in [0.05, 0.1) is 24.8 Å². The molecule has 0 aliphatic carbocycles. The number of hydrogen-bond acceptors (Lipinski definition) is 4. The zero-order chi connectivity index (χ0) is 20.6. The summed E-state index contributed by atoms with van der Waals surface area (Å²) >= 11 is 5.82. The fraction of sp³-hybridized carbons (Fsp3) is 0.409. The van der Waals surface area contributed by atoms with E-state index in [0.717, 1.165) is 38.4 Å². The zero-order valence-electron chi connectivity index (χ0n) is 16.6. The molecule has 0 aromatic heterocycles. The van der Waals surface area contributed by atoms with Gasteiger partial charge >= 0.3 is 0 Å². The van der Waals surface area contributed by atoms with Crippen LogP contribution in [-0.4, -0.2) is 61.1 Å². The van der Waals surface area contributed by atoms with Gasteiger partial charge in [-0.15, -0.1) is 0 Å². The standard InChI is InChI=1S/C22H27ClFN3O2/c1-17(14-26-9-11-29-12-10-26)27(15-18-5-3-2-4-6-18)16-22(28)25-19-7-8-21(24)20(23)13-19/h2-8,13,17H,9-12,14-16H2,1H3,(H,25,28). The van der Waals surface area contributed by atoms with Crippen LogP contribution in [0.15, 0.2) is 48.5 Å². The van der Waals surface area contributed by atoms with Crippen molar-refractivity contribution in [3.63, 3.8) is 0 Å². The molecular weight excluding hydrogens is 393 g/mol. The first-order valence-corrected chi connectivity index (χ1v) is 10.2. The van der Waals surface area contributed by atoms with Crippen LogP contribution in [0.25, 0.3) is 0 Å². The highest BCUT2D eigenvalue weighted by molar-refractivity contribution is 6.31. The molecule has 7 heteroatoms. The van der Waals surface area contributed by atoms with E-state index >= 15 is 0 Å². The molecule has 1 amide bonds. The molecule has 0 spiro atoms. The van der Waals surface area contributed by atoms with Crippen molar-refractivity contribution in [2.45, 2.75) is 19.5 Å².